The Labute approximate surface area is 164 Å². The van der Waals surface area contributed by atoms with E-state index in [2.05, 4.69) is 0 Å². The maximum atomic E-state index is 14.4. The molecule has 0 spiro atoms. The zero-order valence-electron chi connectivity index (χ0n) is 15.2. The van der Waals surface area contributed by atoms with E-state index in [0.29, 0.717) is 0 Å². The molecule has 1 aliphatic rings. The topological polar surface area (TPSA) is 26.3 Å². The first-order chi connectivity index (χ1) is 13.7. The molecular formula is C25H19O2P. The molecule has 136 valence electrons. The minimum absolute atomic E-state index is 0.719. The highest BCUT2D eigenvalue weighted by atomic mass is 31.2. The van der Waals surface area contributed by atoms with Gasteiger partial charge in [-0.25, -0.2) is 0 Å². The van der Waals surface area contributed by atoms with Crippen molar-refractivity contribution in [2.75, 3.05) is 0 Å². The highest BCUT2D eigenvalue weighted by Gasteiger charge is 2.53. The Balaban J connectivity index is 1.86. The fourth-order valence-electron chi connectivity index (χ4n) is 4.06. The highest BCUT2D eigenvalue weighted by molar-refractivity contribution is 7.74. The van der Waals surface area contributed by atoms with Gasteiger partial charge < -0.3 is 4.52 Å². The number of fused-ring (bicyclic) bond motifs is 1. The van der Waals surface area contributed by atoms with Crippen molar-refractivity contribution in [3.63, 3.8) is 0 Å². The van der Waals surface area contributed by atoms with Crippen LogP contribution >= 0.6 is 7.37 Å². The first kappa shape index (κ1) is 17.2. The molecule has 0 fully saturated rings. The lowest BCUT2D eigenvalue weighted by molar-refractivity contribution is 0.179. The van der Waals surface area contributed by atoms with E-state index in [1.807, 2.05) is 115 Å². The van der Waals surface area contributed by atoms with Crippen molar-refractivity contribution in [1.82, 2.24) is 0 Å². The molecule has 5 rings (SSSR count). The predicted octanol–water partition coefficient (Wildman–Crippen LogP) is 5.24. The molecule has 0 saturated carbocycles. The van der Waals surface area contributed by atoms with E-state index in [1.54, 1.807) is 0 Å². The largest absolute Gasteiger partial charge is 0.301 e. The monoisotopic (exact) mass is 382 g/mol. The predicted molar refractivity (Wildman–Crippen MR) is 114 cm³/mol. The second-order valence-electron chi connectivity index (χ2n) is 6.91. The van der Waals surface area contributed by atoms with Gasteiger partial charge in [0.15, 0.2) is 5.60 Å². The SMILES string of the molecule is O=P1(c2ccccc2)OC(c2ccccc2)(c2ccccc2)c2ccccc21. The lowest BCUT2D eigenvalue weighted by Gasteiger charge is -2.31. The van der Waals surface area contributed by atoms with E-state index in [4.69, 9.17) is 4.52 Å². The molecule has 0 radical (unpaired) electrons. The summed E-state index contributed by atoms with van der Waals surface area (Å²) in [6, 6.07) is 37.6. The average molecular weight is 382 g/mol. The van der Waals surface area contributed by atoms with Crippen LogP contribution in [0.5, 0.6) is 0 Å². The second kappa shape index (κ2) is 6.60. The van der Waals surface area contributed by atoms with E-state index >= 15 is 0 Å². The van der Waals surface area contributed by atoms with Crippen LogP contribution in [-0.4, -0.2) is 0 Å². The summed E-state index contributed by atoms with van der Waals surface area (Å²) in [4.78, 5) is 0. The van der Waals surface area contributed by atoms with Crippen molar-refractivity contribution in [2.45, 2.75) is 5.60 Å². The minimum Gasteiger partial charge on any atom is -0.301 e. The summed E-state index contributed by atoms with van der Waals surface area (Å²) in [6.07, 6.45) is 0. The van der Waals surface area contributed by atoms with Gasteiger partial charge in [0, 0.05) is 16.2 Å². The first-order valence-corrected chi connectivity index (χ1v) is 11.0. The zero-order valence-corrected chi connectivity index (χ0v) is 16.1. The molecule has 0 bridgehead atoms. The molecular weight excluding hydrogens is 363 g/mol. The summed E-state index contributed by atoms with van der Waals surface area (Å²) in [5.74, 6) is 0. The van der Waals surface area contributed by atoms with Gasteiger partial charge in [-0.2, -0.15) is 0 Å². The summed E-state index contributed by atoms with van der Waals surface area (Å²) >= 11 is 0. The summed E-state index contributed by atoms with van der Waals surface area (Å²) in [6.45, 7) is 0. The van der Waals surface area contributed by atoms with Crippen LogP contribution in [0.1, 0.15) is 16.7 Å². The summed E-state index contributed by atoms with van der Waals surface area (Å²) in [5, 5.41) is 1.49. The molecule has 0 aromatic heterocycles. The molecule has 3 heteroatoms. The van der Waals surface area contributed by atoms with Crippen LogP contribution in [0.15, 0.2) is 115 Å². The van der Waals surface area contributed by atoms with Crippen molar-refractivity contribution in [3.05, 3.63) is 132 Å². The molecule has 0 saturated heterocycles. The van der Waals surface area contributed by atoms with Gasteiger partial charge >= 0.3 is 0 Å². The molecule has 28 heavy (non-hydrogen) atoms. The van der Waals surface area contributed by atoms with Crippen LogP contribution in [0.4, 0.5) is 0 Å². The third-order valence-electron chi connectivity index (χ3n) is 5.32. The van der Waals surface area contributed by atoms with E-state index in [9.17, 15) is 4.57 Å². The quantitative estimate of drug-likeness (QED) is 0.453. The van der Waals surface area contributed by atoms with E-state index < -0.39 is 13.0 Å². The maximum absolute atomic E-state index is 14.4. The number of hydrogen-bond donors (Lipinski definition) is 0. The Morgan fingerprint density at radius 2 is 1.04 bits per heavy atom. The molecule has 1 atom stereocenters. The fourth-order valence-corrected chi connectivity index (χ4v) is 6.64. The lowest BCUT2D eigenvalue weighted by Crippen LogP contribution is -2.29. The molecule has 2 nitrogen and oxygen atoms in total. The summed E-state index contributed by atoms with van der Waals surface area (Å²) in [7, 11) is -3.26. The van der Waals surface area contributed by atoms with Gasteiger partial charge in [0.1, 0.15) is 0 Å². The van der Waals surface area contributed by atoms with Crippen LogP contribution < -0.4 is 10.6 Å². The molecule has 1 unspecified atom stereocenters. The third-order valence-corrected chi connectivity index (χ3v) is 7.86. The Morgan fingerprint density at radius 1 is 0.571 bits per heavy atom. The minimum atomic E-state index is -3.26. The lowest BCUT2D eigenvalue weighted by atomic mass is 9.80. The molecule has 4 aromatic rings. The fraction of sp³-hybridized carbons (Fsp3) is 0.0400. The number of hydrogen-bond acceptors (Lipinski definition) is 2. The van der Waals surface area contributed by atoms with Gasteiger partial charge in [-0.05, 0) is 29.3 Å². The molecule has 0 amide bonds. The zero-order chi connectivity index (χ0) is 19.0. The van der Waals surface area contributed by atoms with E-state index in [-0.39, 0.29) is 0 Å². The van der Waals surface area contributed by atoms with Gasteiger partial charge in [0.05, 0.1) is 0 Å². The average Bonchev–Trinajstić information content (AvgIpc) is 3.07. The maximum Gasteiger partial charge on any atom is 0.263 e. The first-order valence-electron chi connectivity index (χ1n) is 9.33. The van der Waals surface area contributed by atoms with Gasteiger partial charge in [-0.1, -0.05) is 97.1 Å². The van der Waals surface area contributed by atoms with Gasteiger partial charge in [0.25, 0.3) is 7.37 Å². The molecule has 1 aliphatic heterocycles. The van der Waals surface area contributed by atoms with Crippen LogP contribution in [0.2, 0.25) is 0 Å². The van der Waals surface area contributed by atoms with Gasteiger partial charge in [-0.3, -0.25) is 4.57 Å². The van der Waals surface area contributed by atoms with E-state index in [1.165, 1.54) is 0 Å². The Kier molecular flexibility index (Phi) is 4.05. The van der Waals surface area contributed by atoms with Crippen LogP contribution in [-0.2, 0) is 14.7 Å². The Bertz CT molecular complexity index is 1120. The highest BCUT2D eigenvalue weighted by Crippen LogP contribution is 2.62. The summed E-state index contributed by atoms with van der Waals surface area (Å²) < 4.78 is 21.1. The van der Waals surface area contributed by atoms with Crippen molar-refractivity contribution < 1.29 is 9.09 Å². The molecule has 0 aliphatic carbocycles. The van der Waals surface area contributed by atoms with Crippen molar-refractivity contribution in [1.29, 1.82) is 0 Å². The molecule has 4 aromatic carbocycles. The van der Waals surface area contributed by atoms with Gasteiger partial charge in [0.2, 0.25) is 0 Å². The van der Waals surface area contributed by atoms with Crippen LogP contribution in [0.3, 0.4) is 0 Å². The van der Waals surface area contributed by atoms with Gasteiger partial charge in [-0.15, -0.1) is 0 Å². The number of benzene rings is 4. The van der Waals surface area contributed by atoms with Crippen molar-refractivity contribution in [2.24, 2.45) is 0 Å². The standard InChI is InChI=1S/C25H19O2P/c26-28(22-16-8-3-9-17-22)24-19-11-10-18-23(24)25(27-28,20-12-4-1-5-13-20)21-14-6-2-7-15-21/h1-19H. The number of rotatable bonds is 3. The molecule has 0 N–H and O–H groups in total. The van der Waals surface area contributed by atoms with E-state index in [0.717, 1.165) is 27.3 Å². The summed E-state index contributed by atoms with van der Waals surface area (Å²) in [5.41, 5.74) is 1.98. The van der Waals surface area contributed by atoms with Crippen LogP contribution in [0, 0.1) is 0 Å². The molecule has 1 heterocycles. The smallest absolute Gasteiger partial charge is 0.263 e. The third kappa shape index (κ3) is 2.43. The normalized spacial score (nSPS) is 19.9. The van der Waals surface area contributed by atoms with Crippen LogP contribution in [0.25, 0.3) is 0 Å². The van der Waals surface area contributed by atoms with Crippen molar-refractivity contribution >= 4 is 18.0 Å². The van der Waals surface area contributed by atoms with Crippen molar-refractivity contribution in [3.8, 4) is 0 Å². The Morgan fingerprint density at radius 3 is 1.61 bits per heavy atom. The Hall–Kier alpha value is -2.93. The second-order valence-corrected chi connectivity index (χ2v) is 9.19.